The first-order valence-corrected chi connectivity index (χ1v) is 15.3. The van der Waals surface area contributed by atoms with Gasteiger partial charge >= 0.3 is 10.1 Å². The number of hydrogen-bond donors (Lipinski definition) is 0. The van der Waals surface area contributed by atoms with Crippen molar-refractivity contribution in [3.05, 3.63) is 138 Å². The summed E-state index contributed by atoms with van der Waals surface area (Å²) in [6.07, 6.45) is 0. The van der Waals surface area contributed by atoms with E-state index < -0.39 is 20.4 Å². The van der Waals surface area contributed by atoms with Gasteiger partial charge in [-0.3, -0.25) is 0 Å². The number of fused-ring (bicyclic) bond motifs is 2. The van der Waals surface area contributed by atoms with Crippen molar-refractivity contribution in [3.63, 3.8) is 0 Å². The summed E-state index contributed by atoms with van der Waals surface area (Å²) < 4.78 is 40.9. The lowest BCUT2D eigenvalue weighted by molar-refractivity contribution is 0.508. The lowest BCUT2D eigenvalue weighted by Crippen LogP contribution is -2.14. The van der Waals surface area contributed by atoms with Crippen LogP contribution in [0.3, 0.4) is 0 Å². The third-order valence-corrected chi connectivity index (χ3v) is 11.9. The molecule has 0 spiro atoms. The highest BCUT2D eigenvalue weighted by Gasteiger charge is 2.38. The normalized spacial score (nSPS) is 12.5. The Morgan fingerprint density at radius 2 is 1.03 bits per heavy atom. The number of benzene rings is 5. The molecule has 1 heterocycles. The molecule has 0 saturated heterocycles. The van der Waals surface area contributed by atoms with Crippen LogP contribution >= 0.6 is 22.5 Å². The maximum Gasteiger partial charge on any atom is 0.307 e. The third kappa shape index (κ3) is 4.23. The zero-order chi connectivity index (χ0) is 26.2. The molecule has 4 nitrogen and oxygen atoms in total. The van der Waals surface area contributed by atoms with Crippen LogP contribution in [0.4, 0.5) is 0 Å². The van der Waals surface area contributed by atoms with Crippen LogP contribution < -0.4 is 0 Å². The number of hydrogen-bond acceptors (Lipinski definition) is 5. The molecule has 1 aromatic heterocycles. The van der Waals surface area contributed by atoms with Gasteiger partial charge in [-0.25, -0.2) is 3.63 Å². The molecule has 0 N–H and O–H groups in total. The van der Waals surface area contributed by atoms with Gasteiger partial charge in [-0.2, -0.15) is 8.42 Å². The van der Waals surface area contributed by atoms with Gasteiger partial charge in [0.2, 0.25) is 0 Å². The van der Waals surface area contributed by atoms with Crippen LogP contribution in [0.15, 0.2) is 157 Å². The molecule has 0 saturated carbocycles. The summed E-state index contributed by atoms with van der Waals surface area (Å²) in [5.41, 5.74) is 1.32. The lowest BCUT2D eigenvalue weighted by atomic mass is 10.1. The van der Waals surface area contributed by atoms with Crippen LogP contribution in [0.2, 0.25) is 0 Å². The molecule has 0 bridgehead atoms. The van der Waals surface area contributed by atoms with Crippen molar-refractivity contribution in [2.45, 2.75) is 19.6 Å². The van der Waals surface area contributed by atoms with Gasteiger partial charge in [0, 0.05) is 25.5 Å². The van der Waals surface area contributed by atoms with E-state index in [2.05, 4.69) is 0 Å². The van der Waals surface area contributed by atoms with Crippen molar-refractivity contribution in [2.75, 3.05) is 0 Å². The minimum Gasteiger partial charge on any atom is -0.456 e. The third-order valence-electron chi connectivity index (χ3n) is 6.25. The van der Waals surface area contributed by atoms with Gasteiger partial charge in [-0.05, 0) is 77.0 Å². The van der Waals surface area contributed by atoms with Gasteiger partial charge in [-0.15, -0.1) is 0 Å². The van der Waals surface area contributed by atoms with E-state index in [1.54, 1.807) is 30.3 Å². The van der Waals surface area contributed by atoms with Crippen LogP contribution in [0.25, 0.3) is 21.9 Å². The fraction of sp³-hybridized carbons (Fsp3) is 0. The molecule has 7 heteroatoms. The van der Waals surface area contributed by atoms with E-state index in [0.717, 1.165) is 20.6 Å². The van der Waals surface area contributed by atoms with Gasteiger partial charge in [0.1, 0.15) is 11.2 Å². The van der Waals surface area contributed by atoms with E-state index >= 15 is 0 Å². The van der Waals surface area contributed by atoms with Gasteiger partial charge in [-0.1, -0.05) is 78.9 Å². The van der Waals surface area contributed by atoms with Gasteiger partial charge < -0.3 is 4.42 Å². The van der Waals surface area contributed by atoms with Crippen molar-refractivity contribution < 1.29 is 16.5 Å². The van der Waals surface area contributed by atoms with Crippen molar-refractivity contribution >= 4 is 54.6 Å². The average Bonchev–Trinajstić information content (AvgIpc) is 2.97. The molecule has 0 amide bonds. The summed E-state index contributed by atoms with van der Waals surface area (Å²) in [6, 6.07) is 40.5. The molecular weight excluding hydrogens is 533 g/mol. The Bertz CT molecular complexity index is 1880. The van der Waals surface area contributed by atoms with Crippen molar-refractivity contribution in [3.8, 4) is 0 Å². The van der Waals surface area contributed by atoms with E-state index in [1.807, 2.05) is 103 Å². The summed E-state index contributed by atoms with van der Waals surface area (Å²) in [4.78, 5) is 2.27. The predicted molar refractivity (Wildman–Crippen MR) is 155 cm³/mol. The van der Waals surface area contributed by atoms with E-state index in [0.29, 0.717) is 20.6 Å². The maximum absolute atomic E-state index is 13.8. The molecule has 188 valence electrons. The minimum atomic E-state index is -4.17. The Balaban J connectivity index is 1.69. The van der Waals surface area contributed by atoms with Gasteiger partial charge in [0.25, 0.3) is 0 Å². The molecule has 38 heavy (non-hydrogen) atoms. The van der Waals surface area contributed by atoms with Crippen LogP contribution in [0.1, 0.15) is 0 Å². The number of para-hydroxylation sites is 1. The van der Waals surface area contributed by atoms with Crippen LogP contribution in [0, 0.1) is 4.51 Å². The van der Waals surface area contributed by atoms with Gasteiger partial charge in [0.15, 0.2) is 0 Å². The molecule has 0 aliphatic rings. The molecule has 6 aromatic rings. The van der Waals surface area contributed by atoms with E-state index in [1.165, 1.54) is 0 Å². The standard InChI is InChI=1S/C31H22O4S3/c32-38(33,25-16-8-3-9-17-25)35-37(23-12-4-1-5-13-23,24-14-6-2-7-15-24)26-20-21-30-28(22-26)31(36)27-18-10-11-19-29(27)34-30/h1-22H. The zero-order valence-corrected chi connectivity index (χ0v) is 22.5. The molecule has 0 aliphatic heterocycles. The summed E-state index contributed by atoms with van der Waals surface area (Å²) in [5, 5.41) is 1.55. The van der Waals surface area contributed by atoms with E-state index in [9.17, 15) is 8.42 Å². The van der Waals surface area contributed by atoms with Crippen LogP contribution in [0.5, 0.6) is 0 Å². The van der Waals surface area contributed by atoms with E-state index in [-0.39, 0.29) is 4.90 Å². The van der Waals surface area contributed by atoms with Crippen LogP contribution in [-0.2, 0) is 13.7 Å². The second-order valence-corrected chi connectivity index (χ2v) is 13.5. The summed E-state index contributed by atoms with van der Waals surface area (Å²) in [7, 11) is -6.95. The van der Waals surface area contributed by atoms with Gasteiger partial charge in [0.05, 0.1) is 9.41 Å². The topological polar surface area (TPSA) is 56.5 Å². The summed E-state index contributed by atoms with van der Waals surface area (Å²) >= 11 is 5.89. The quantitative estimate of drug-likeness (QED) is 0.152. The molecule has 6 rings (SSSR count). The second-order valence-electron chi connectivity index (χ2n) is 8.60. The SMILES string of the molecule is O=S(=O)(OS(c1ccccc1)(c1ccccc1)c1ccc2oc3ccccc3c(=S)c2c1)c1ccccc1. The van der Waals surface area contributed by atoms with Crippen molar-refractivity contribution in [1.29, 1.82) is 0 Å². The molecule has 0 aliphatic carbocycles. The number of rotatable bonds is 6. The van der Waals surface area contributed by atoms with Crippen LogP contribution in [-0.4, -0.2) is 8.42 Å². The summed E-state index contributed by atoms with van der Waals surface area (Å²) in [6.45, 7) is 0. The highest BCUT2D eigenvalue weighted by atomic mass is 32.3. The zero-order valence-electron chi connectivity index (χ0n) is 20.1. The fourth-order valence-corrected chi connectivity index (χ4v) is 10.1. The lowest BCUT2D eigenvalue weighted by Gasteiger charge is -2.39. The molecule has 0 atom stereocenters. The molecule has 0 radical (unpaired) electrons. The minimum absolute atomic E-state index is 0.0921. The smallest absolute Gasteiger partial charge is 0.307 e. The Labute approximate surface area is 227 Å². The molecular formula is C31H22O4S3. The Morgan fingerprint density at radius 3 is 1.63 bits per heavy atom. The first kappa shape index (κ1) is 24.6. The summed E-state index contributed by atoms with van der Waals surface area (Å²) in [5.74, 6) is 0. The average molecular weight is 555 g/mol. The first-order valence-electron chi connectivity index (χ1n) is 11.9. The Morgan fingerprint density at radius 1 is 0.526 bits per heavy atom. The highest BCUT2D eigenvalue weighted by Crippen LogP contribution is 2.70. The Kier molecular flexibility index (Phi) is 6.37. The monoisotopic (exact) mass is 554 g/mol. The largest absolute Gasteiger partial charge is 0.456 e. The van der Waals surface area contributed by atoms with E-state index in [4.69, 9.17) is 20.3 Å². The highest BCUT2D eigenvalue weighted by molar-refractivity contribution is 8.33. The molecule has 0 fully saturated rings. The van der Waals surface area contributed by atoms with Crippen molar-refractivity contribution in [2.24, 2.45) is 0 Å². The maximum atomic E-state index is 13.8. The molecule has 5 aromatic carbocycles. The fourth-order valence-electron chi connectivity index (χ4n) is 4.47. The predicted octanol–water partition coefficient (Wildman–Crippen LogP) is 8.92. The first-order chi connectivity index (χ1) is 18.5. The second kappa shape index (κ2) is 9.85. The van der Waals surface area contributed by atoms with Crippen molar-refractivity contribution in [1.82, 2.24) is 0 Å². The molecule has 0 unspecified atom stereocenters. The Hall–Kier alpha value is -3.75.